The Labute approximate surface area is 189 Å². The van der Waals surface area contributed by atoms with Crippen molar-refractivity contribution < 1.29 is 23.3 Å². The van der Waals surface area contributed by atoms with Gasteiger partial charge in [0.05, 0.1) is 12.2 Å². The van der Waals surface area contributed by atoms with Crippen LogP contribution < -0.4 is 0 Å². The third-order valence-electron chi connectivity index (χ3n) is 5.70. The molecule has 2 N–H and O–H groups in total. The Bertz CT molecular complexity index is 1250. The van der Waals surface area contributed by atoms with Crippen molar-refractivity contribution in [2.75, 3.05) is 0 Å². The average Bonchev–Trinajstić information content (AvgIpc) is 3.44. The highest BCUT2D eigenvalue weighted by atomic mass is 31.2. The molecule has 0 fully saturated rings. The first-order valence-corrected chi connectivity index (χ1v) is 11.6. The third kappa shape index (κ3) is 4.94. The van der Waals surface area contributed by atoms with E-state index >= 15 is 0 Å². The van der Waals surface area contributed by atoms with Crippen molar-refractivity contribution in [3.8, 4) is 11.3 Å². The normalized spacial score (nSPS) is 14.7. The van der Waals surface area contributed by atoms with Crippen molar-refractivity contribution in [1.82, 2.24) is 24.5 Å². The van der Waals surface area contributed by atoms with Crippen molar-refractivity contribution in [3.63, 3.8) is 0 Å². The van der Waals surface area contributed by atoms with Crippen LogP contribution in [-0.4, -0.2) is 34.3 Å². The van der Waals surface area contributed by atoms with Crippen LogP contribution in [0.3, 0.4) is 0 Å². The van der Waals surface area contributed by atoms with Gasteiger partial charge in [-0.2, -0.15) is 10.2 Å². The zero-order valence-corrected chi connectivity index (χ0v) is 18.9. The fourth-order valence-corrected chi connectivity index (χ4v) is 4.75. The van der Waals surface area contributed by atoms with E-state index in [4.69, 9.17) is 4.52 Å². The van der Waals surface area contributed by atoms with Gasteiger partial charge in [-0.15, -0.1) is 0 Å². The summed E-state index contributed by atoms with van der Waals surface area (Å²) in [6.07, 6.45) is 4.46. The maximum absolute atomic E-state index is 13.7. The summed E-state index contributed by atoms with van der Waals surface area (Å²) in [5.74, 6) is -1.04. The summed E-state index contributed by atoms with van der Waals surface area (Å²) in [6, 6.07) is 14.8. The molecule has 0 radical (unpaired) electrons. The molecule has 2 aromatic heterocycles. The smallest absolute Gasteiger partial charge is 0.303 e. The number of benzene rings is 2. The summed E-state index contributed by atoms with van der Waals surface area (Å²) in [4.78, 5) is 23.6. The van der Waals surface area contributed by atoms with E-state index in [1.807, 2.05) is 37.4 Å². The first-order valence-electron chi connectivity index (χ1n) is 10.1. The molecule has 2 heterocycles. The van der Waals surface area contributed by atoms with E-state index in [1.54, 1.807) is 17.8 Å². The number of nitrogens with zero attached hydrogens (tertiary/aromatic N) is 5. The molecule has 4 aromatic rings. The van der Waals surface area contributed by atoms with Crippen molar-refractivity contribution >= 4 is 7.82 Å². The van der Waals surface area contributed by atoms with Crippen molar-refractivity contribution in [2.45, 2.75) is 25.0 Å². The lowest BCUT2D eigenvalue weighted by Gasteiger charge is -2.39. The predicted octanol–water partition coefficient (Wildman–Crippen LogP) is 3.63. The summed E-state index contributed by atoms with van der Waals surface area (Å²) in [5, 5.41) is 8.28. The average molecular weight is 471 g/mol. The summed E-state index contributed by atoms with van der Waals surface area (Å²) in [5.41, 5.74) is 1.44. The van der Waals surface area contributed by atoms with E-state index in [0.29, 0.717) is 5.56 Å². The highest BCUT2D eigenvalue weighted by Crippen LogP contribution is 2.52. The fourth-order valence-electron chi connectivity index (χ4n) is 4.01. The van der Waals surface area contributed by atoms with E-state index in [0.717, 1.165) is 16.8 Å². The van der Waals surface area contributed by atoms with Gasteiger partial charge in [0.25, 0.3) is 0 Å². The van der Waals surface area contributed by atoms with E-state index in [9.17, 15) is 18.7 Å². The van der Waals surface area contributed by atoms with Crippen LogP contribution in [0, 0.1) is 5.82 Å². The maximum atomic E-state index is 13.7. The van der Waals surface area contributed by atoms with Crippen molar-refractivity contribution in [2.24, 2.45) is 7.05 Å². The number of aromatic nitrogens is 5. The Balaban J connectivity index is 1.82. The zero-order chi connectivity index (χ0) is 23.6. The van der Waals surface area contributed by atoms with E-state index < -0.39 is 25.2 Å². The molecule has 4 rings (SSSR count). The topological polar surface area (TPSA) is 115 Å². The van der Waals surface area contributed by atoms with Crippen molar-refractivity contribution in [1.29, 1.82) is 0 Å². The van der Waals surface area contributed by atoms with Gasteiger partial charge in [0.2, 0.25) is 0 Å². The van der Waals surface area contributed by atoms with Gasteiger partial charge in [-0.1, -0.05) is 43.3 Å². The molecule has 0 amide bonds. The number of halogens is 1. The number of phosphoric acid groups is 1. The Hall–Kier alpha value is -3.17. The lowest BCUT2D eigenvalue weighted by molar-refractivity contribution is -0.00789. The molecule has 0 aliphatic heterocycles. The van der Waals surface area contributed by atoms with Crippen LogP contribution in [0.5, 0.6) is 0 Å². The van der Waals surface area contributed by atoms with E-state index in [-0.39, 0.29) is 6.54 Å². The zero-order valence-electron chi connectivity index (χ0n) is 18.0. The Morgan fingerprint density at radius 1 is 1.09 bits per heavy atom. The summed E-state index contributed by atoms with van der Waals surface area (Å²) in [7, 11) is -3.13. The van der Waals surface area contributed by atoms with Crippen LogP contribution >= 0.6 is 7.82 Å². The highest BCUT2D eigenvalue weighted by molar-refractivity contribution is 7.46. The molecule has 11 heteroatoms. The van der Waals surface area contributed by atoms with E-state index in [1.165, 1.54) is 41.6 Å². The lowest BCUT2D eigenvalue weighted by Crippen LogP contribution is -2.39. The van der Waals surface area contributed by atoms with Gasteiger partial charge in [0.1, 0.15) is 24.1 Å². The van der Waals surface area contributed by atoms with Crippen molar-refractivity contribution in [3.05, 3.63) is 90.4 Å². The molecular weight excluding hydrogens is 448 g/mol. The fraction of sp³-hybridized carbons (Fsp3) is 0.227. The molecule has 2 aromatic carbocycles. The number of phosphoric ester groups is 1. The first-order chi connectivity index (χ1) is 15.7. The minimum atomic E-state index is -4.98. The minimum Gasteiger partial charge on any atom is -0.303 e. The monoisotopic (exact) mass is 471 g/mol. The second kappa shape index (κ2) is 8.99. The molecule has 2 atom stereocenters. The maximum Gasteiger partial charge on any atom is 0.470 e. The van der Waals surface area contributed by atoms with E-state index in [2.05, 4.69) is 15.2 Å². The molecule has 2 unspecified atom stereocenters. The summed E-state index contributed by atoms with van der Waals surface area (Å²) in [6.45, 7) is 1.74. The second-order valence-corrected chi connectivity index (χ2v) is 8.92. The molecule has 0 aliphatic carbocycles. The SMILES string of the molecule is CC(c1ccc(-c2ccnn2C)cc1)C(Cn1cncn1)(OP(=O)(O)O)c1ccc(F)cc1. The summed E-state index contributed by atoms with van der Waals surface area (Å²) >= 11 is 0. The molecule has 0 saturated carbocycles. The molecule has 0 saturated heterocycles. The molecular formula is C22H23FN5O4P. The number of hydrogen-bond donors (Lipinski definition) is 2. The number of aryl methyl sites for hydroxylation is 1. The van der Waals surface area contributed by atoms with Crippen LogP contribution in [0.15, 0.2) is 73.4 Å². The van der Waals surface area contributed by atoms with Gasteiger partial charge in [-0.05, 0) is 34.9 Å². The Kier molecular flexibility index (Phi) is 6.27. The number of rotatable bonds is 8. The summed E-state index contributed by atoms with van der Waals surface area (Å²) < 4.78 is 34.5. The number of hydrogen-bond acceptors (Lipinski definition) is 5. The van der Waals surface area contributed by atoms with Gasteiger partial charge in [-0.25, -0.2) is 18.6 Å². The molecule has 33 heavy (non-hydrogen) atoms. The van der Waals surface area contributed by atoms with Gasteiger partial charge in [0, 0.05) is 19.2 Å². The first kappa shape index (κ1) is 23.0. The molecule has 172 valence electrons. The molecule has 0 bridgehead atoms. The van der Waals surface area contributed by atoms with Gasteiger partial charge in [0.15, 0.2) is 0 Å². The predicted molar refractivity (Wildman–Crippen MR) is 118 cm³/mol. The van der Waals surface area contributed by atoms with Crippen LogP contribution in [0.1, 0.15) is 24.0 Å². The standard InChI is InChI=1S/C22H23FN5O4P/c1-16(17-3-5-18(6-4-17)21-11-12-25-27(21)2)22(32-33(29,30)31,13-28-15-24-14-26-28)19-7-9-20(23)10-8-19/h3-12,14-16H,13H2,1-2H3,(H2,29,30,31). The highest BCUT2D eigenvalue weighted by Gasteiger charge is 2.46. The van der Waals surface area contributed by atoms with Gasteiger partial charge in [-0.3, -0.25) is 9.21 Å². The Morgan fingerprint density at radius 3 is 2.33 bits per heavy atom. The second-order valence-electron chi connectivity index (χ2n) is 7.76. The third-order valence-corrected chi connectivity index (χ3v) is 6.27. The Morgan fingerprint density at radius 2 is 1.79 bits per heavy atom. The molecule has 9 nitrogen and oxygen atoms in total. The van der Waals surface area contributed by atoms with Crippen LogP contribution in [0.4, 0.5) is 4.39 Å². The molecule has 0 aliphatic rings. The van der Waals surface area contributed by atoms with Crippen LogP contribution in [-0.2, 0) is 28.3 Å². The van der Waals surface area contributed by atoms with Crippen LogP contribution in [0.25, 0.3) is 11.3 Å². The lowest BCUT2D eigenvalue weighted by atomic mass is 9.78. The van der Waals surface area contributed by atoms with Gasteiger partial charge >= 0.3 is 7.82 Å². The minimum absolute atomic E-state index is 0.0611. The van der Waals surface area contributed by atoms with Crippen LogP contribution in [0.2, 0.25) is 0 Å². The molecule has 0 spiro atoms. The largest absolute Gasteiger partial charge is 0.470 e. The van der Waals surface area contributed by atoms with Gasteiger partial charge < -0.3 is 9.79 Å². The quantitative estimate of drug-likeness (QED) is 0.377.